The Bertz CT molecular complexity index is 2730. The molecule has 0 radical (unpaired) electrons. The van der Waals surface area contributed by atoms with Crippen LogP contribution in [0.3, 0.4) is 0 Å². The second kappa shape index (κ2) is 43.3. The molecule has 29 heteroatoms. The van der Waals surface area contributed by atoms with E-state index in [1.807, 2.05) is 55.4 Å². The van der Waals surface area contributed by atoms with Gasteiger partial charge in [-0.3, -0.25) is 62.3 Å². The van der Waals surface area contributed by atoms with Crippen LogP contribution in [0, 0.1) is 47.3 Å². The molecule has 1 heterocycles. The highest BCUT2D eigenvalue weighted by Gasteiger charge is 2.43. The molecule has 0 saturated carbocycles. The van der Waals surface area contributed by atoms with E-state index in [1.54, 1.807) is 55.4 Å². The average Bonchev–Trinajstić information content (AvgIpc) is 0.835. The van der Waals surface area contributed by atoms with Crippen LogP contribution in [0.5, 0.6) is 0 Å². The molecule has 13 amide bonds. The van der Waals surface area contributed by atoms with E-state index in [4.69, 9.17) is 9.47 Å². The molecule has 1 aliphatic heterocycles. The van der Waals surface area contributed by atoms with Gasteiger partial charge in [0.25, 0.3) is 0 Å². The van der Waals surface area contributed by atoms with Gasteiger partial charge in [-0.05, 0) is 80.5 Å². The number of cyclic esters (lactones) is 1. The summed E-state index contributed by atoms with van der Waals surface area (Å²) in [6.45, 7) is 30.3. The maximum Gasteiger partial charge on any atom is 0.329 e. The molecule has 1 rings (SSSR count). The number of methoxy groups -OCH3 is 1. The summed E-state index contributed by atoms with van der Waals surface area (Å²) in [5.41, 5.74) is 0. The highest BCUT2D eigenvalue weighted by molar-refractivity contribution is 5.97. The van der Waals surface area contributed by atoms with E-state index in [0.717, 1.165) is 4.90 Å². The zero-order valence-electron chi connectivity index (χ0n) is 63.9. The molecule has 29 nitrogen and oxygen atoms in total. The molecule has 0 aliphatic carbocycles. The predicted octanol–water partition coefficient (Wildman–Crippen LogP) is 2.26. The smallest absolute Gasteiger partial charge is 0.329 e. The van der Waals surface area contributed by atoms with Gasteiger partial charge in [0.05, 0.1) is 0 Å². The average molecular weight is 1400 g/mol. The fraction of sp³-hybridized carbons (Fsp3) is 0.800. The van der Waals surface area contributed by atoms with Crippen LogP contribution in [-0.2, 0) is 76.6 Å². The molecule has 0 spiro atoms. The summed E-state index contributed by atoms with van der Waals surface area (Å²) in [5, 5.41) is 21.9. The van der Waals surface area contributed by atoms with E-state index in [-0.39, 0.29) is 76.1 Å². The Hall–Kier alpha value is -7.46. The number of carbonyl (C=O) groups is 14. The number of hydrogen-bond donors (Lipinski definition) is 8. The molecule has 1 aliphatic rings. The first-order valence-electron chi connectivity index (χ1n) is 35.4. The van der Waals surface area contributed by atoms with Gasteiger partial charge in [-0.25, -0.2) is 4.79 Å². The van der Waals surface area contributed by atoms with Crippen LogP contribution in [0.2, 0.25) is 0 Å². The topological polar surface area (TPSA) is 370 Å². The van der Waals surface area contributed by atoms with E-state index >= 15 is 4.79 Å². The number of nitrogens with zero attached hydrogens (tertiary/aromatic N) is 5. The van der Waals surface area contributed by atoms with Crippen molar-refractivity contribution in [3.05, 3.63) is 0 Å². The Morgan fingerprint density at radius 1 is 0.576 bits per heavy atom. The zero-order chi connectivity index (χ0) is 76.2. The number of nitrogens with one attached hydrogen (secondary N) is 8. The van der Waals surface area contributed by atoms with Crippen molar-refractivity contribution >= 4 is 82.8 Å². The largest absolute Gasteiger partial charge is 0.458 e. The molecule has 566 valence electrons. The minimum Gasteiger partial charge on any atom is -0.458 e. The first-order valence-corrected chi connectivity index (χ1v) is 35.4. The maximum atomic E-state index is 15.1. The molecule has 14 unspecified atom stereocenters. The van der Waals surface area contributed by atoms with Crippen molar-refractivity contribution in [1.29, 1.82) is 0 Å². The maximum absolute atomic E-state index is 15.1. The molecule has 0 aromatic carbocycles. The molecule has 0 aromatic heterocycles. The molecule has 1 fully saturated rings. The van der Waals surface area contributed by atoms with E-state index in [2.05, 4.69) is 42.5 Å². The number of esters is 1. The van der Waals surface area contributed by atoms with Crippen LogP contribution in [0.25, 0.3) is 0 Å². The molecule has 1 saturated heterocycles. The predicted molar refractivity (Wildman–Crippen MR) is 375 cm³/mol. The van der Waals surface area contributed by atoms with Gasteiger partial charge in [0.15, 0.2) is 0 Å². The summed E-state index contributed by atoms with van der Waals surface area (Å²) in [7, 11) is 8.34. The van der Waals surface area contributed by atoms with Gasteiger partial charge >= 0.3 is 5.97 Å². The quantitative estimate of drug-likeness (QED) is 0.0764. The molecular weight excluding hydrogens is 1280 g/mol. The van der Waals surface area contributed by atoms with Gasteiger partial charge in [0, 0.05) is 81.2 Å². The monoisotopic (exact) mass is 1400 g/mol. The lowest BCUT2D eigenvalue weighted by Gasteiger charge is -2.37. The standard InChI is InChI=1S/C70H125N13O16/c1-25-43(14)56-69(96)81(21)58(42(12)13)64(91)73-46(17)61(88)71-31-28-51(84)74-49(35-39(6)7)66(93)83(23)60(45(16)27-3)70(97)99-47(18)57(78-62(89)50(36-40(8)9)80(20)68(95)55(41(10)11)77-54(87)37-98-24)67(94)79(19)33-30-53(86)75-48(34-38(4)5)65(92)82(22)59(44(15)26-2)63(90)72-32-29-52(85)76-56/h38-50,55-60H,25-37H2,1-24H3,(H,71,88)(H,72,90)(H,73,91)(H,74,84)(H,75,86)(H,76,85)(H,77,87)(H,78,89). The summed E-state index contributed by atoms with van der Waals surface area (Å²) >= 11 is 0. The minimum absolute atomic E-state index is 0.0631. The van der Waals surface area contributed by atoms with Crippen molar-refractivity contribution in [2.45, 2.75) is 249 Å². The van der Waals surface area contributed by atoms with Crippen molar-refractivity contribution in [3.8, 4) is 0 Å². The lowest BCUT2D eigenvalue weighted by Crippen LogP contribution is -2.61. The number of likely N-dealkylation sites (N-methyl/N-ethyl adjacent to an activating group) is 5. The SMILES string of the molecule is CCC(C)C1NC(=O)CCNC(=O)C(C(C)CC)N(C)C(=O)C(CC(C)C)NC(=O)CCN(C)C(=O)C(NC(=O)C(CC(C)C)N(C)C(=O)C(NC(=O)COC)C(C)C)C(C)OC(=O)C(C(C)CC)N(C)C(=O)C(CC(C)C)NC(=O)CCNC(=O)C(C)NC(=O)C(C(C)C)N(C)C1=O. The number of rotatable bonds is 21. The van der Waals surface area contributed by atoms with Crippen molar-refractivity contribution in [3.63, 3.8) is 0 Å². The van der Waals surface area contributed by atoms with E-state index in [9.17, 15) is 62.3 Å². The number of amides is 13. The number of hydrogen-bond acceptors (Lipinski definition) is 16. The number of ether oxygens (including phenoxy) is 2. The van der Waals surface area contributed by atoms with Crippen molar-refractivity contribution < 1.29 is 76.6 Å². The van der Waals surface area contributed by atoms with Crippen molar-refractivity contribution in [2.24, 2.45) is 47.3 Å². The van der Waals surface area contributed by atoms with Crippen LogP contribution in [0.1, 0.15) is 182 Å². The lowest BCUT2D eigenvalue weighted by molar-refractivity contribution is -0.164. The molecular formula is C70H125N13O16. The Morgan fingerprint density at radius 2 is 1.04 bits per heavy atom. The molecule has 0 bridgehead atoms. The van der Waals surface area contributed by atoms with Gasteiger partial charge in [-0.15, -0.1) is 0 Å². The molecule has 8 N–H and O–H groups in total. The Morgan fingerprint density at radius 3 is 1.51 bits per heavy atom. The highest BCUT2D eigenvalue weighted by Crippen LogP contribution is 2.24. The van der Waals surface area contributed by atoms with Crippen LogP contribution in [-0.4, -0.2) is 242 Å². The molecule has 14 atom stereocenters. The van der Waals surface area contributed by atoms with Crippen molar-refractivity contribution in [2.75, 3.05) is 68.6 Å². The molecule has 0 aromatic rings. The zero-order valence-corrected chi connectivity index (χ0v) is 63.9. The summed E-state index contributed by atoms with van der Waals surface area (Å²) < 4.78 is 11.1. The van der Waals surface area contributed by atoms with Gasteiger partial charge in [0.1, 0.15) is 73.1 Å². The Balaban J connectivity index is 4.20. The van der Waals surface area contributed by atoms with Gasteiger partial charge in [-0.1, -0.05) is 130 Å². The summed E-state index contributed by atoms with van der Waals surface area (Å²) in [4.78, 5) is 205. The second-order valence-electron chi connectivity index (χ2n) is 28.9. The number of carbonyl (C=O) groups excluding carboxylic acids is 14. The van der Waals surface area contributed by atoms with Gasteiger partial charge in [0.2, 0.25) is 76.8 Å². The third-order valence-electron chi connectivity index (χ3n) is 18.3. The Labute approximate surface area is 589 Å². The first kappa shape index (κ1) is 89.6. The van der Waals surface area contributed by atoms with Crippen LogP contribution >= 0.6 is 0 Å². The lowest BCUT2D eigenvalue weighted by atomic mass is 9.94. The summed E-state index contributed by atoms with van der Waals surface area (Å²) in [6, 6.07) is -12.2. The van der Waals surface area contributed by atoms with E-state index in [0.29, 0.717) is 19.3 Å². The van der Waals surface area contributed by atoms with Crippen LogP contribution in [0.4, 0.5) is 0 Å². The third-order valence-corrected chi connectivity index (χ3v) is 18.3. The Kier molecular flexibility index (Phi) is 39.1. The fourth-order valence-electron chi connectivity index (χ4n) is 11.8. The minimum atomic E-state index is -1.71. The van der Waals surface area contributed by atoms with Gasteiger partial charge < -0.3 is 76.5 Å². The third kappa shape index (κ3) is 28.2. The van der Waals surface area contributed by atoms with Gasteiger partial charge in [-0.2, -0.15) is 0 Å². The first-order chi connectivity index (χ1) is 46.0. The van der Waals surface area contributed by atoms with Crippen molar-refractivity contribution in [1.82, 2.24) is 67.0 Å². The summed E-state index contributed by atoms with van der Waals surface area (Å²) in [5.74, 6) is -12.4. The van der Waals surface area contributed by atoms with Crippen LogP contribution in [0.15, 0.2) is 0 Å². The second-order valence-corrected chi connectivity index (χ2v) is 28.9. The fourth-order valence-corrected chi connectivity index (χ4v) is 11.8. The normalized spacial score (nSPS) is 24.8. The summed E-state index contributed by atoms with van der Waals surface area (Å²) in [6.07, 6.45) is -0.957. The highest BCUT2D eigenvalue weighted by atomic mass is 16.5. The van der Waals surface area contributed by atoms with Crippen LogP contribution < -0.4 is 42.5 Å². The van der Waals surface area contributed by atoms with E-state index < -0.39 is 185 Å². The van der Waals surface area contributed by atoms with E-state index in [1.165, 1.54) is 75.8 Å². The molecule has 99 heavy (non-hydrogen) atoms.